The molecule has 5 nitrogen and oxygen atoms in total. The van der Waals surface area contributed by atoms with Gasteiger partial charge in [-0.1, -0.05) is 41.0 Å². The molecule has 1 aromatic carbocycles. The Morgan fingerprint density at radius 2 is 1.95 bits per heavy atom. The highest BCUT2D eigenvalue weighted by Gasteiger charge is 2.19. The van der Waals surface area contributed by atoms with E-state index in [4.69, 9.17) is 16.1 Å². The van der Waals surface area contributed by atoms with E-state index in [-0.39, 0.29) is 17.3 Å². The van der Waals surface area contributed by atoms with Crippen molar-refractivity contribution in [3.63, 3.8) is 0 Å². The predicted octanol–water partition coefficient (Wildman–Crippen LogP) is 3.57. The number of hydrogen-bond acceptors (Lipinski definition) is 6. The molecule has 0 atom stereocenters. The van der Waals surface area contributed by atoms with Gasteiger partial charge < -0.3 is 4.52 Å². The summed E-state index contributed by atoms with van der Waals surface area (Å²) in [7, 11) is -3.43. The molecule has 0 aliphatic carbocycles. The molecule has 0 bridgehead atoms. The van der Waals surface area contributed by atoms with Crippen LogP contribution in [0.2, 0.25) is 5.02 Å². The molecular weight excluding hydrogens is 344 g/mol. The summed E-state index contributed by atoms with van der Waals surface area (Å²) >= 11 is 7.44. The molecule has 0 radical (unpaired) electrons. The van der Waals surface area contributed by atoms with Crippen molar-refractivity contribution in [3.8, 4) is 10.8 Å². The highest BCUT2D eigenvalue weighted by atomic mass is 35.5. The van der Waals surface area contributed by atoms with Gasteiger partial charge in [-0.05, 0) is 23.1 Å². The second-order valence-corrected chi connectivity index (χ2v) is 8.04. The van der Waals surface area contributed by atoms with Crippen molar-refractivity contribution in [2.24, 2.45) is 0 Å². The number of hydrogen-bond donors (Lipinski definition) is 0. The molecule has 3 aromatic rings. The van der Waals surface area contributed by atoms with Crippen molar-refractivity contribution in [1.82, 2.24) is 10.1 Å². The van der Waals surface area contributed by atoms with Crippen molar-refractivity contribution in [2.75, 3.05) is 0 Å². The molecule has 8 heteroatoms. The van der Waals surface area contributed by atoms with Crippen molar-refractivity contribution in [1.29, 1.82) is 0 Å². The van der Waals surface area contributed by atoms with E-state index >= 15 is 0 Å². The van der Waals surface area contributed by atoms with E-state index in [1.165, 1.54) is 11.3 Å². The summed E-state index contributed by atoms with van der Waals surface area (Å²) in [6.07, 6.45) is 0. The van der Waals surface area contributed by atoms with Crippen LogP contribution in [0, 0.1) is 0 Å². The normalized spacial score (nSPS) is 11.7. The first kappa shape index (κ1) is 15.2. The summed E-state index contributed by atoms with van der Waals surface area (Å²) in [4.78, 5) is 4.93. The maximum Gasteiger partial charge on any atom is 0.268 e. The fourth-order valence-electron chi connectivity index (χ4n) is 1.91. The van der Waals surface area contributed by atoms with Gasteiger partial charge in [-0.15, -0.1) is 11.3 Å². The zero-order valence-corrected chi connectivity index (χ0v) is 13.7. The Labute approximate surface area is 136 Å². The van der Waals surface area contributed by atoms with Crippen LogP contribution in [0.3, 0.4) is 0 Å². The monoisotopic (exact) mass is 354 g/mol. The standard InChI is InChI=1S/C14H11ClN2O3S2/c15-11-5-2-1-4-10(11)8-22(18,19)9-13-16-14(20-17-13)12-6-3-7-21-12/h1-7H,8-9H2. The first-order valence-electron chi connectivity index (χ1n) is 6.34. The van der Waals surface area contributed by atoms with E-state index in [1.54, 1.807) is 24.3 Å². The Balaban J connectivity index is 1.76. The van der Waals surface area contributed by atoms with Crippen LogP contribution >= 0.6 is 22.9 Å². The SMILES string of the molecule is O=S(=O)(Cc1noc(-c2cccs2)n1)Cc1ccccc1Cl. The molecule has 2 aromatic heterocycles. The molecule has 0 aliphatic heterocycles. The third-order valence-corrected chi connectivity index (χ3v) is 5.56. The lowest BCUT2D eigenvalue weighted by Gasteiger charge is -2.03. The lowest BCUT2D eigenvalue weighted by molar-refractivity contribution is 0.425. The average Bonchev–Trinajstić information content (AvgIpc) is 3.11. The third-order valence-electron chi connectivity index (χ3n) is 2.88. The molecule has 0 N–H and O–H groups in total. The third kappa shape index (κ3) is 3.55. The maximum absolute atomic E-state index is 12.2. The van der Waals surface area contributed by atoms with Crippen LogP contribution in [0.15, 0.2) is 46.3 Å². The topological polar surface area (TPSA) is 73.1 Å². The summed E-state index contributed by atoms with van der Waals surface area (Å²) in [6, 6.07) is 10.5. The highest BCUT2D eigenvalue weighted by molar-refractivity contribution is 7.89. The molecule has 0 saturated heterocycles. The molecule has 22 heavy (non-hydrogen) atoms. The minimum atomic E-state index is -3.43. The predicted molar refractivity (Wildman–Crippen MR) is 85.4 cm³/mol. The lowest BCUT2D eigenvalue weighted by Crippen LogP contribution is -2.09. The van der Waals surface area contributed by atoms with E-state index < -0.39 is 9.84 Å². The highest BCUT2D eigenvalue weighted by Crippen LogP contribution is 2.24. The van der Waals surface area contributed by atoms with Crippen LogP contribution in [0.4, 0.5) is 0 Å². The lowest BCUT2D eigenvalue weighted by atomic mass is 10.2. The largest absolute Gasteiger partial charge is 0.333 e. The summed E-state index contributed by atoms with van der Waals surface area (Å²) in [5.41, 5.74) is 0.561. The second kappa shape index (κ2) is 6.20. The Bertz CT molecular complexity index is 873. The van der Waals surface area contributed by atoms with Gasteiger partial charge >= 0.3 is 0 Å². The van der Waals surface area contributed by atoms with Gasteiger partial charge in [-0.2, -0.15) is 4.98 Å². The number of benzene rings is 1. The molecule has 0 spiro atoms. The molecule has 3 rings (SSSR count). The quantitative estimate of drug-likeness (QED) is 0.700. The van der Waals surface area contributed by atoms with Crippen LogP contribution in [-0.4, -0.2) is 18.6 Å². The minimum Gasteiger partial charge on any atom is -0.333 e. The van der Waals surface area contributed by atoms with Gasteiger partial charge in [0.15, 0.2) is 15.7 Å². The van der Waals surface area contributed by atoms with E-state index in [0.717, 1.165) is 4.88 Å². The summed E-state index contributed by atoms with van der Waals surface area (Å²) < 4.78 is 29.6. The molecule has 0 amide bonds. The average molecular weight is 355 g/mol. The summed E-state index contributed by atoms with van der Waals surface area (Å²) in [6.45, 7) is 0. The molecule has 0 saturated carbocycles. The molecule has 0 unspecified atom stereocenters. The van der Waals surface area contributed by atoms with Crippen LogP contribution < -0.4 is 0 Å². The van der Waals surface area contributed by atoms with E-state index in [9.17, 15) is 8.42 Å². The van der Waals surface area contributed by atoms with E-state index in [0.29, 0.717) is 16.5 Å². The van der Waals surface area contributed by atoms with Crippen molar-refractivity contribution < 1.29 is 12.9 Å². The Morgan fingerprint density at radius 1 is 1.14 bits per heavy atom. The van der Waals surface area contributed by atoms with Crippen LogP contribution in [0.5, 0.6) is 0 Å². The van der Waals surface area contributed by atoms with Crippen molar-refractivity contribution in [2.45, 2.75) is 11.5 Å². The number of thiophene rings is 1. The Hall–Kier alpha value is -1.70. The second-order valence-electron chi connectivity index (χ2n) is 4.62. The summed E-state index contributed by atoms with van der Waals surface area (Å²) in [5.74, 6) is 0.0382. The van der Waals surface area contributed by atoms with Crippen LogP contribution in [-0.2, 0) is 21.3 Å². The summed E-state index contributed by atoms with van der Waals surface area (Å²) in [5, 5.41) is 6.04. The first-order chi connectivity index (χ1) is 10.5. The maximum atomic E-state index is 12.2. The Kier molecular flexibility index (Phi) is 4.28. The molecule has 2 heterocycles. The van der Waals surface area contributed by atoms with Crippen molar-refractivity contribution >= 4 is 32.8 Å². The van der Waals surface area contributed by atoms with Gasteiger partial charge in [0, 0.05) is 5.02 Å². The van der Waals surface area contributed by atoms with Crippen LogP contribution in [0.1, 0.15) is 11.4 Å². The fourth-order valence-corrected chi connectivity index (χ4v) is 4.18. The minimum absolute atomic E-state index is 0.149. The van der Waals surface area contributed by atoms with Gasteiger partial charge in [0.1, 0.15) is 5.75 Å². The number of halogens is 1. The van der Waals surface area contributed by atoms with Crippen LogP contribution in [0.25, 0.3) is 10.8 Å². The molecule has 114 valence electrons. The number of sulfone groups is 1. The number of aromatic nitrogens is 2. The molecule has 0 fully saturated rings. The van der Waals surface area contributed by atoms with Crippen molar-refractivity contribution in [3.05, 3.63) is 58.2 Å². The van der Waals surface area contributed by atoms with Gasteiger partial charge in [0.2, 0.25) is 0 Å². The number of nitrogens with zero attached hydrogens (tertiary/aromatic N) is 2. The van der Waals surface area contributed by atoms with Gasteiger partial charge in [-0.3, -0.25) is 0 Å². The fraction of sp³-hybridized carbons (Fsp3) is 0.143. The molecular formula is C14H11ClN2O3S2. The van der Waals surface area contributed by atoms with Gasteiger partial charge in [0.25, 0.3) is 5.89 Å². The zero-order chi connectivity index (χ0) is 15.6. The van der Waals surface area contributed by atoms with Gasteiger partial charge in [0.05, 0.1) is 10.6 Å². The number of rotatable bonds is 5. The zero-order valence-electron chi connectivity index (χ0n) is 11.3. The first-order valence-corrected chi connectivity index (χ1v) is 9.42. The Morgan fingerprint density at radius 3 is 2.68 bits per heavy atom. The van der Waals surface area contributed by atoms with E-state index in [1.807, 2.05) is 17.5 Å². The molecule has 0 aliphatic rings. The van der Waals surface area contributed by atoms with E-state index in [2.05, 4.69) is 10.1 Å². The van der Waals surface area contributed by atoms with Gasteiger partial charge in [-0.25, -0.2) is 8.42 Å². The smallest absolute Gasteiger partial charge is 0.268 e.